The van der Waals surface area contributed by atoms with Gasteiger partial charge in [-0.25, -0.2) is 0 Å². The van der Waals surface area contributed by atoms with E-state index in [1.807, 2.05) is 31.7 Å². The molecular weight excluding hydrogens is 416 g/mol. The second kappa shape index (κ2) is 10.5. The molecule has 162 valence electrons. The molecule has 0 unspecified atom stereocenters. The summed E-state index contributed by atoms with van der Waals surface area (Å²) in [6.45, 7) is 12.2. The Bertz CT molecular complexity index is 916. The standard InChI is InChI=1S/C23H31ClN4OS/c1-16(2)14-28-23(24)20(18(4)26-28)6-8-22(29)25-21-7-5-19(13-17(21)3)15-27-9-11-30-12-10-27/h5-8,13,16H,9-12,14-15H2,1-4H3,(H,25,29)/b8-6+. The van der Waals surface area contributed by atoms with Crippen LogP contribution in [-0.2, 0) is 17.9 Å². The van der Waals surface area contributed by atoms with Crippen LogP contribution in [0, 0.1) is 19.8 Å². The van der Waals surface area contributed by atoms with Crippen LogP contribution >= 0.6 is 23.4 Å². The molecule has 0 aliphatic carbocycles. The lowest BCUT2D eigenvalue weighted by atomic mass is 10.1. The summed E-state index contributed by atoms with van der Waals surface area (Å²) in [6, 6.07) is 6.26. The van der Waals surface area contributed by atoms with E-state index in [0.717, 1.165) is 48.7 Å². The molecule has 5 nitrogen and oxygen atoms in total. The van der Waals surface area contributed by atoms with Gasteiger partial charge in [0, 0.05) is 55.0 Å². The summed E-state index contributed by atoms with van der Waals surface area (Å²) in [6.07, 6.45) is 3.27. The number of anilines is 1. The van der Waals surface area contributed by atoms with Gasteiger partial charge in [-0.1, -0.05) is 37.6 Å². The number of thioether (sulfide) groups is 1. The molecule has 1 aliphatic heterocycles. The molecule has 1 saturated heterocycles. The highest BCUT2D eigenvalue weighted by Gasteiger charge is 2.13. The molecule has 1 N–H and O–H groups in total. The molecule has 30 heavy (non-hydrogen) atoms. The first-order chi connectivity index (χ1) is 14.3. The first-order valence-electron chi connectivity index (χ1n) is 10.4. The van der Waals surface area contributed by atoms with Crippen LogP contribution in [0.3, 0.4) is 0 Å². The topological polar surface area (TPSA) is 50.2 Å². The van der Waals surface area contributed by atoms with Crippen LogP contribution in [0.1, 0.15) is 36.2 Å². The van der Waals surface area contributed by atoms with Gasteiger partial charge in [0.25, 0.3) is 0 Å². The molecular formula is C23H31ClN4OS. The number of halogens is 1. The predicted octanol–water partition coefficient (Wildman–Crippen LogP) is 5.01. The van der Waals surface area contributed by atoms with Gasteiger partial charge in [0.05, 0.1) is 5.69 Å². The minimum atomic E-state index is -0.175. The lowest BCUT2D eigenvalue weighted by Crippen LogP contribution is -2.31. The molecule has 3 rings (SSSR count). The maximum absolute atomic E-state index is 12.5. The summed E-state index contributed by atoms with van der Waals surface area (Å²) >= 11 is 8.47. The Labute approximate surface area is 188 Å². The van der Waals surface area contributed by atoms with E-state index in [1.165, 1.54) is 23.1 Å². The molecule has 2 heterocycles. The minimum Gasteiger partial charge on any atom is -0.322 e. The number of nitrogens with zero attached hydrogens (tertiary/aromatic N) is 3. The number of hydrogen-bond donors (Lipinski definition) is 1. The van der Waals surface area contributed by atoms with Gasteiger partial charge < -0.3 is 5.32 Å². The molecule has 2 aromatic rings. The first kappa shape index (κ1) is 22.9. The Balaban J connectivity index is 1.62. The van der Waals surface area contributed by atoms with E-state index in [9.17, 15) is 4.79 Å². The van der Waals surface area contributed by atoms with Crippen LogP contribution in [0.25, 0.3) is 6.08 Å². The van der Waals surface area contributed by atoms with E-state index in [0.29, 0.717) is 11.1 Å². The Morgan fingerprint density at radius 1 is 1.30 bits per heavy atom. The molecule has 1 aromatic heterocycles. The highest BCUT2D eigenvalue weighted by molar-refractivity contribution is 7.99. The average Bonchev–Trinajstić information content (AvgIpc) is 2.95. The molecule has 1 aliphatic rings. The summed E-state index contributed by atoms with van der Waals surface area (Å²) in [5.74, 6) is 2.69. The van der Waals surface area contributed by atoms with Gasteiger partial charge >= 0.3 is 0 Å². The zero-order valence-electron chi connectivity index (χ0n) is 18.2. The summed E-state index contributed by atoms with van der Waals surface area (Å²) in [5, 5.41) is 8.03. The Kier molecular flexibility index (Phi) is 8.03. The van der Waals surface area contributed by atoms with E-state index in [2.05, 4.69) is 41.3 Å². The Hall–Kier alpha value is -1.76. The second-order valence-electron chi connectivity index (χ2n) is 8.23. The predicted molar refractivity (Wildman–Crippen MR) is 128 cm³/mol. The summed E-state index contributed by atoms with van der Waals surface area (Å²) in [7, 11) is 0. The smallest absolute Gasteiger partial charge is 0.248 e. The molecule has 0 saturated carbocycles. The third-order valence-corrected chi connectivity index (χ3v) is 6.45. The van der Waals surface area contributed by atoms with Crippen LogP contribution in [0.15, 0.2) is 24.3 Å². The third-order valence-electron chi connectivity index (χ3n) is 5.11. The van der Waals surface area contributed by atoms with Crippen LogP contribution in [0.5, 0.6) is 0 Å². The van der Waals surface area contributed by atoms with Crippen LogP contribution in [0.2, 0.25) is 5.15 Å². The lowest BCUT2D eigenvalue weighted by molar-refractivity contribution is -0.111. The Morgan fingerprint density at radius 2 is 2.03 bits per heavy atom. The lowest BCUT2D eigenvalue weighted by Gasteiger charge is -2.26. The van der Waals surface area contributed by atoms with Crippen LogP contribution in [-0.4, -0.2) is 45.2 Å². The van der Waals surface area contributed by atoms with Crippen molar-refractivity contribution in [3.8, 4) is 0 Å². The SMILES string of the molecule is Cc1cc(CN2CCSCC2)ccc1NC(=O)/C=C/c1c(C)nn(CC(C)C)c1Cl. The largest absolute Gasteiger partial charge is 0.322 e. The van der Waals surface area contributed by atoms with Crippen LogP contribution in [0.4, 0.5) is 5.69 Å². The van der Waals surface area contributed by atoms with E-state index in [1.54, 1.807) is 10.8 Å². The molecule has 1 fully saturated rings. The summed E-state index contributed by atoms with van der Waals surface area (Å²) in [4.78, 5) is 15.0. The van der Waals surface area contributed by atoms with E-state index in [4.69, 9.17) is 11.6 Å². The van der Waals surface area contributed by atoms with Crippen molar-refractivity contribution >= 4 is 41.0 Å². The molecule has 1 amide bonds. The number of aryl methyl sites for hydroxylation is 2. The number of nitrogens with one attached hydrogen (secondary N) is 1. The van der Waals surface area contributed by atoms with Crippen molar-refractivity contribution in [1.29, 1.82) is 0 Å². The molecule has 0 bridgehead atoms. The van der Waals surface area contributed by atoms with Gasteiger partial charge in [0.15, 0.2) is 0 Å². The number of hydrogen-bond acceptors (Lipinski definition) is 4. The van der Waals surface area contributed by atoms with E-state index >= 15 is 0 Å². The van der Waals surface area contributed by atoms with Crippen LogP contribution < -0.4 is 5.32 Å². The monoisotopic (exact) mass is 446 g/mol. The number of aromatic nitrogens is 2. The third kappa shape index (κ3) is 6.13. The van der Waals surface area contributed by atoms with Gasteiger partial charge in [0.2, 0.25) is 5.91 Å². The fourth-order valence-electron chi connectivity index (χ4n) is 3.54. The highest BCUT2D eigenvalue weighted by Crippen LogP contribution is 2.23. The highest BCUT2D eigenvalue weighted by atomic mass is 35.5. The molecule has 0 radical (unpaired) electrons. The average molecular weight is 447 g/mol. The normalized spacial score (nSPS) is 15.3. The molecule has 1 aromatic carbocycles. The summed E-state index contributed by atoms with van der Waals surface area (Å²) in [5.41, 5.74) is 4.80. The van der Waals surface area contributed by atoms with E-state index < -0.39 is 0 Å². The minimum absolute atomic E-state index is 0.175. The zero-order chi connectivity index (χ0) is 21.7. The molecule has 7 heteroatoms. The number of rotatable bonds is 7. The van der Waals surface area contributed by atoms with Crippen molar-refractivity contribution in [2.45, 2.75) is 40.8 Å². The second-order valence-corrected chi connectivity index (χ2v) is 9.81. The molecule has 0 atom stereocenters. The number of benzene rings is 1. The maximum Gasteiger partial charge on any atom is 0.248 e. The Morgan fingerprint density at radius 3 is 2.70 bits per heavy atom. The summed E-state index contributed by atoms with van der Waals surface area (Å²) < 4.78 is 1.79. The zero-order valence-corrected chi connectivity index (χ0v) is 19.8. The van der Waals surface area contributed by atoms with Gasteiger partial charge in [-0.15, -0.1) is 0 Å². The van der Waals surface area contributed by atoms with Crippen molar-refractivity contribution in [1.82, 2.24) is 14.7 Å². The van der Waals surface area contributed by atoms with Crippen molar-refractivity contribution < 1.29 is 4.79 Å². The number of carbonyl (C=O) groups is 1. The van der Waals surface area contributed by atoms with Crippen molar-refractivity contribution in [3.05, 3.63) is 51.8 Å². The van der Waals surface area contributed by atoms with Crippen molar-refractivity contribution in [2.24, 2.45) is 5.92 Å². The van der Waals surface area contributed by atoms with Gasteiger partial charge in [0.1, 0.15) is 5.15 Å². The fraction of sp³-hybridized carbons (Fsp3) is 0.478. The van der Waals surface area contributed by atoms with Crippen molar-refractivity contribution in [2.75, 3.05) is 29.9 Å². The quantitative estimate of drug-likeness (QED) is 0.607. The van der Waals surface area contributed by atoms with Gasteiger partial charge in [-0.2, -0.15) is 16.9 Å². The van der Waals surface area contributed by atoms with E-state index in [-0.39, 0.29) is 5.91 Å². The first-order valence-corrected chi connectivity index (χ1v) is 12.0. The van der Waals surface area contributed by atoms with Crippen molar-refractivity contribution in [3.63, 3.8) is 0 Å². The van der Waals surface area contributed by atoms with Gasteiger partial charge in [-0.3, -0.25) is 14.4 Å². The fourth-order valence-corrected chi connectivity index (χ4v) is 4.82. The number of amides is 1. The number of carbonyl (C=O) groups excluding carboxylic acids is 1. The maximum atomic E-state index is 12.5. The molecule has 0 spiro atoms. The van der Waals surface area contributed by atoms with Gasteiger partial charge in [-0.05, 0) is 43.0 Å².